The van der Waals surface area contributed by atoms with Gasteiger partial charge >= 0.3 is 10.1 Å². The first-order chi connectivity index (χ1) is 12.9. The molecular weight excluding hydrogens is 372 g/mol. The molecule has 0 aliphatic heterocycles. The van der Waals surface area contributed by atoms with Crippen LogP contribution in [0.1, 0.15) is 11.1 Å². The SMILES string of the molecule is O=S(=O)(Oc1ccccc1CNCc1ccc(F)cc1)c1ccc(F)cc1. The highest BCUT2D eigenvalue weighted by Gasteiger charge is 2.18. The number of benzene rings is 3. The Hall–Kier alpha value is -2.77. The van der Waals surface area contributed by atoms with Crippen LogP contribution in [0.4, 0.5) is 8.78 Å². The molecule has 0 radical (unpaired) electrons. The molecule has 0 fully saturated rings. The molecule has 0 unspecified atom stereocenters. The molecule has 3 aromatic rings. The zero-order valence-electron chi connectivity index (χ0n) is 14.2. The van der Waals surface area contributed by atoms with E-state index in [0.717, 1.165) is 29.8 Å². The minimum absolute atomic E-state index is 0.127. The first-order valence-corrected chi connectivity index (χ1v) is 9.58. The van der Waals surface area contributed by atoms with Crippen molar-refractivity contribution in [2.45, 2.75) is 18.0 Å². The summed E-state index contributed by atoms with van der Waals surface area (Å²) >= 11 is 0. The average Bonchev–Trinajstić information content (AvgIpc) is 2.65. The first kappa shape index (κ1) is 19.0. The topological polar surface area (TPSA) is 55.4 Å². The Bertz CT molecular complexity index is 1000. The van der Waals surface area contributed by atoms with E-state index in [9.17, 15) is 17.2 Å². The van der Waals surface area contributed by atoms with E-state index in [1.54, 1.807) is 36.4 Å². The number of halogens is 2. The van der Waals surface area contributed by atoms with Gasteiger partial charge in [0.2, 0.25) is 0 Å². The van der Waals surface area contributed by atoms with Crippen LogP contribution in [0.5, 0.6) is 5.75 Å². The summed E-state index contributed by atoms with van der Waals surface area (Å²) in [5, 5.41) is 3.16. The van der Waals surface area contributed by atoms with E-state index in [0.29, 0.717) is 18.7 Å². The summed E-state index contributed by atoms with van der Waals surface area (Å²) in [6.07, 6.45) is 0. The van der Waals surface area contributed by atoms with Crippen molar-refractivity contribution < 1.29 is 21.4 Å². The Morgan fingerprint density at radius 1 is 0.778 bits per heavy atom. The third-order valence-electron chi connectivity index (χ3n) is 3.83. The van der Waals surface area contributed by atoms with E-state index in [-0.39, 0.29) is 16.5 Å². The summed E-state index contributed by atoms with van der Waals surface area (Å²) in [7, 11) is -4.07. The van der Waals surface area contributed by atoms with Crippen LogP contribution in [0.2, 0.25) is 0 Å². The number of hydrogen-bond acceptors (Lipinski definition) is 4. The van der Waals surface area contributed by atoms with Crippen LogP contribution in [0.3, 0.4) is 0 Å². The summed E-state index contributed by atoms with van der Waals surface area (Å²) in [6, 6.07) is 17.3. The molecule has 0 aliphatic carbocycles. The van der Waals surface area contributed by atoms with Crippen molar-refractivity contribution >= 4 is 10.1 Å². The van der Waals surface area contributed by atoms with Crippen LogP contribution in [0, 0.1) is 11.6 Å². The van der Waals surface area contributed by atoms with Gasteiger partial charge in [0.15, 0.2) is 0 Å². The zero-order chi connectivity index (χ0) is 19.3. The number of hydrogen-bond donors (Lipinski definition) is 1. The fourth-order valence-electron chi connectivity index (χ4n) is 2.44. The van der Waals surface area contributed by atoms with E-state index in [4.69, 9.17) is 4.18 Å². The molecule has 27 heavy (non-hydrogen) atoms. The lowest BCUT2D eigenvalue weighted by atomic mass is 10.2. The van der Waals surface area contributed by atoms with Gasteiger partial charge in [-0.1, -0.05) is 30.3 Å². The second-order valence-electron chi connectivity index (χ2n) is 5.83. The Morgan fingerprint density at radius 3 is 2.04 bits per heavy atom. The molecule has 7 heteroatoms. The van der Waals surface area contributed by atoms with Gasteiger partial charge in [-0.2, -0.15) is 8.42 Å². The Kier molecular flexibility index (Phi) is 5.83. The molecule has 1 N–H and O–H groups in total. The molecule has 0 heterocycles. The number of para-hydroxylation sites is 1. The third kappa shape index (κ3) is 5.12. The van der Waals surface area contributed by atoms with Gasteiger partial charge in [-0.05, 0) is 48.0 Å². The van der Waals surface area contributed by atoms with E-state index in [1.165, 1.54) is 12.1 Å². The molecule has 3 rings (SSSR count). The van der Waals surface area contributed by atoms with Gasteiger partial charge in [0.25, 0.3) is 0 Å². The largest absolute Gasteiger partial charge is 0.379 e. The average molecular weight is 389 g/mol. The highest BCUT2D eigenvalue weighted by molar-refractivity contribution is 7.87. The Balaban J connectivity index is 1.70. The lowest BCUT2D eigenvalue weighted by Crippen LogP contribution is -2.15. The predicted molar refractivity (Wildman–Crippen MR) is 97.6 cm³/mol. The first-order valence-electron chi connectivity index (χ1n) is 8.17. The van der Waals surface area contributed by atoms with Gasteiger partial charge in [-0.3, -0.25) is 0 Å². The van der Waals surface area contributed by atoms with Crippen LogP contribution in [0.15, 0.2) is 77.7 Å². The van der Waals surface area contributed by atoms with Gasteiger partial charge in [0, 0.05) is 18.7 Å². The molecule has 3 aromatic carbocycles. The van der Waals surface area contributed by atoms with Crippen LogP contribution in [-0.2, 0) is 23.2 Å². The monoisotopic (exact) mass is 389 g/mol. The lowest BCUT2D eigenvalue weighted by Gasteiger charge is -2.12. The summed E-state index contributed by atoms with van der Waals surface area (Å²) in [6.45, 7) is 0.839. The third-order valence-corrected chi connectivity index (χ3v) is 5.08. The summed E-state index contributed by atoms with van der Waals surface area (Å²) in [4.78, 5) is -0.127. The highest BCUT2D eigenvalue weighted by Crippen LogP contribution is 2.23. The van der Waals surface area contributed by atoms with Crippen LogP contribution < -0.4 is 9.50 Å². The molecular formula is C20H17F2NO3S. The minimum Gasteiger partial charge on any atom is -0.379 e. The fourth-order valence-corrected chi connectivity index (χ4v) is 3.41. The molecule has 0 amide bonds. The van der Waals surface area contributed by atoms with Gasteiger partial charge < -0.3 is 9.50 Å². The maximum absolute atomic E-state index is 13.0. The van der Waals surface area contributed by atoms with Crippen molar-refractivity contribution in [1.29, 1.82) is 0 Å². The van der Waals surface area contributed by atoms with Crippen molar-refractivity contribution in [1.82, 2.24) is 5.32 Å². The molecule has 0 aromatic heterocycles. The predicted octanol–water partition coefficient (Wildman–Crippen LogP) is 4.02. The summed E-state index contributed by atoms with van der Waals surface area (Å²) in [5.74, 6) is -0.642. The number of rotatable bonds is 7. The standard InChI is InChI=1S/C20H17F2NO3S/c21-17-7-5-15(6-8-17)13-23-14-16-3-1-2-4-20(16)26-27(24,25)19-11-9-18(22)10-12-19/h1-12,23H,13-14H2. The van der Waals surface area contributed by atoms with Crippen molar-refractivity contribution in [2.24, 2.45) is 0 Å². The summed E-state index contributed by atoms with van der Waals surface area (Å²) < 4.78 is 56.0. The quantitative estimate of drug-likeness (QED) is 0.620. The maximum atomic E-state index is 13.0. The molecule has 0 saturated carbocycles. The van der Waals surface area contributed by atoms with E-state index in [1.807, 2.05) is 0 Å². The van der Waals surface area contributed by atoms with Gasteiger partial charge in [-0.15, -0.1) is 0 Å². The molecule has 0 bridgehead atoms. The zero-order valence-corrected chi connectivity index (χ0v) is 15.0. The smallest absolute Gasteiger partial charge is 0.339 e. The van der Waals surface area contributed by atoms with Crippen LogP contribution >= 0.6 is 0 Å². The normalized spacial score (nSPS) is 11.3. The van der Waals surface area contributed by atoms with Crippen molar-refractivity contribution in [3.05, 3.63) is 95.6 Å². The van der Waals surface area contributed by atoms with Gasteiger partial charge in [0.1, 0.15) is 22.3 Å². The fraction of sp³-hybridized carbons (Fsp3) is 0.100. The molecule has 0 aliphatic rings. The second kappa shape index (κ2) is 8.28. The van der Waals surface area contributed by atoms with E-state index < -0.39 is 15.9 Å². The van der Waals surface area contributed by atoms with Crippen LogP contribution in [0.25, 0.3) is 0 Å². The molecule has 140 valence electrons. The Morgan fingerprint density at radius 2 is 1.37 bits per heavy atom. The van der Waals surface area contributed by atoms with Crippen molar-refractivity contribution in [2.75, 3.05) is 0 Å². The molecule has 0 atom stereocenters. The van der Waals surface area contributed by atoms with Crippen LogP contribution in [-0.4, -0.2) is 8.42 Å². The minimum atomic E-state index is -4.07. The van der Waals surface area contributed by atoms with Crippen molar-refractivity contribution in [3.8, 4) is 5.75 Å². The van der Waals surface area contributed by atoms with Gasteiger partial charge in [-0.25, -0.2) is 8.78 Å². The van der Waals surface area contributed by atoms with Crippen molar-refractivity contribution in [3.63, 3.8) is 0 Å². The molecule has 4 nitrogen and oxygen atoms in total. The van der Waals surface area contributed by atoms with E-state index in [2.05, 4.69) is 5.32 Å². The summed E-state index contributed by atoms with van der Waals surface area (Å²) in [5.41, 5.74) is 1.54. The Labute approximate surface area is 156 Å². The van der Waals surface area contributed by atoms with Gasteiger partial charge in [0.05, 0.1) is 0 Å². The maximum Gasteiger partial charge on any atom is 0.339 e. The van der Waals surface area contributed by atoms with E-state index >= 15 is 0 Å². The molecule has 0 spiro atoms. The second-order valence-corrected chi connectivity index (χ2v) is 7.38. The molecule has 0 saturated heterocycles. The highest BCUT2D eigenvalue weighted by atomic mass is 32.2. The number of nitrogens with one attached hydrogen (secondary N) is 1. The lowest BCUT2D eigenvalue weighted by molar-refractivity contribution is 0.480.